The summed E-state index contributed by atoms with van der Waals surface area (Å²) < 4.78 is 11.3. The number of hydrogen-bond donors (Lipinski definition) is 2. The van der Waals surface area contributed by atoms with Gasteiger partial charge in [-0.15, -0.1) is 0 Å². The summed E-state index contributed by atoms with van der Waals surface area (Å²) in [6, 6.07) is 8.27. The van der Waals surface area contributed by atoms with E-state index in [9.17, 15) is 4.79 Å². The van der Waals surface area contributed by atoms with Gasteiger partial charge in [0.25, 0.3) is 0 Å². The van der Waals surface area contributed by atoms with Gasteiger partial charge in [0.05, 0.1) is 12.7 Å². The molecule has 1 saturated carbocycles. The first-order valence-corrected chi connectivity index (χ1v) is 9.50. The lowest BCUT2D eigenvalue weighted by molar-refractivity contribution is -0.0820. The highest BCUT2D eigenvalue weighted by Gasteiger charge is 2.40. The van der Waals surface area contributed by atoms with Crippen LogP contribution in [0.5, 0.6) is 5.75 Å². The zero-order chi connectivity index (χ0) is 17.5. The zero-order valence-corrected chi connectivity index (χ0v) is 15.2. The van der Waals surface area contributed by atoms with E-state index >= 15 is 0 Å². The van der Waals surface area contributed by atoms with Crippen molar-refractivity contribution in [2.24, 2.45) is 0 Å². The fourth-order valence-corrected chi connectivity index (χ4v) is 4.08. The van der Waals surface area contributed by atoms with Gasteiger partial charge in [-0.2, -0.15) is 0 Å². The van der Waals surface area contributed by atoms with Crippen LogP contribution in [-0.4, -0.2) is 37.9 Å². The summed E-state index contributed by atoms with van der Waals surface area (Å²) in [6.45, 7) is 1.44. The van der Waals surface area contributed by atoms with Crippen molar-refractivity contribution in [3.63, 3.8) is 0 Å². The van der Waals surface area contributed by atoms with E-state index < -0.39 is 0 Å². The van der Waals surface area contributed by atoms with E-state index in [-0.39, 0.29) is 17.7 Å². The molecule has 25 heavy (non-hydrogen) atoms. The number of nitrogens with one attached hydrogen (secondary N) is 2. The van der Waals surface area contributed by atoms with Gasteiger partial charge in [-0.05, 0) is 56.2 Å². The van der Waals surface area contributed by atoms with E-state index in [4.69, 9.17) is 9.47 Å². The number of benzene rings is 1. The number of rotatable bonds is 6. The monoisotopic (exact) mass is 346 g/mol. The third-order valence-electron chi connectivity index (χ3n) is 5.40. The summed E-state index contributed by atoms with van der Waals surface area (Å²) in [5.74, 6) is 0.878. The summed E-state index contributed by atoms with van der Waals surface area (Å²) in [7, 11) is 1.68. The first-order valence-electron chi connectivity index (χ1n) is 9.50. The van der Waals surface area contributed by atoms with Gasteiger partial charge >= 0.3 is 6.03 Å². The van der Waals surface area contributed by atoms with Crippen molar-refractivity contribution < 1.29 is 14.3 Å². The number of aryl methyl sites for hydroxylation is 1. The minimum atomic E-state index is -0.0503. The van der Waals surface area contributed by atoms with Crippen molar-refractivity contribution in [2.75, 3.05) is 20.3 Å². The predicted molar refractivity (Wildman–Crippen MR) is 98.0 cm³/mol. The van der Waals surface area contributed by atoms with Gasteiger partial charge in [0.2, 0.25) is 0 Å². The van der Waals surface area contributed by atoms with Gasteiger partial charge < -0.3 is 20.1 Å². The molecule has 2 N–H and O–H groups in total. The van der Waals surface area contributed by atoms with Crippen LogP contribution >= 0.6 is 0 Å². The standard InChI is InChI=1S/C20H30N2O3/c1-24-18-8-4-6-16(14-18)7-5-12-21-19(23)22-17-9-13-25-20(15-17)10-2-3-11-20/h4,6,8,14,17H,2-3,5,7,9-13,15H2,1H3,(H2,21,22,23)/t17-/m0/s1. The lowest BCUT2D eigenvalue weighted by Crippen LogP contribution is -2.50. The van der Waals surface area contributed by atoms with Crippen LogP contribution in [0.15, 0.2) is 24.3 Å². The maximum atomic E-state index is 12.1. The van der Waals surface area contributed by atoms with Gasteiger partial charge in [-0.1, -0.05) is 25.0 Å². The number of urea groups is 1. The normalized spacial score (nSPS) is 21.9. The van der Waals surface area contributed by atoms with Gasteiger partial charge in [0, 0.05) is 19.2 Å². The minimum Gasteiger partial charge on any atom is -0.497 e. The van der Waals surface area contributed by atoms with Crippen LogP contribution in [0.3, 0.4) is 0 Å². The molecule has 2 aliphatic rings. The molecule has 1 saturated heterocycles. The lowest BCUT2D eigenvalue weighted by atomic mass is 9.89. The second kappa shape index (κ2) is 8.56. The van der Waals surface area contributed by atoms with Crippen molar-refractivity contribution >= 4 is 6.03 Å². The molecule has 1 aliphatic heterocycles. The molecule has 0 aromatic heterocycles. The van der Waals surface area contributed by atoms with Crippen LogP contribution in [0.4, 0.5) is 4.79 Å². The first kappa shape index (κ1) is 18.1. The Kier molecular flexibility index (Phi) is 6.19. The molecule has 2 amide bonds. The molecule has 1 aliphatic carbocycles. The molecule has 1 atom stereocenters. The number of methoxy groups -OCH3 is 1. The largest absolute Gasteiger partial charge is 0.497 e. The quantitative estimate of drug-likeness (QED) is 0.776. The molecule has 138 valence electrons. The number of carbonyl (C=O) groups excluding carboxylic acids is 1. The van der Waals surface area contributed by atoms with Gasteiger partial charge in [0.1, 0.15) is 5.75 Å². The fourth-order valence-electron chi connectivity index (χ4n) is 4.08. The third kappa shape index (κ3) is 5.11. The van der Waals surface area contributed by atoms with Crippen LogP contribution in [-0.2, 0) is 11.2 Å². The third-order valence-corrected chi connectivity index (χ3v) is 5.40. The molecule has 5 nitrogen and oxygen atoms in total. The Morgan fingerprint density at radius 3 is 3.00 bits per heavy atom. The second-order valence-electron chi connectivity index (χ2n) is 7.28. The zero-order valence-electron chi connectivity index (χ0n) is 15.2. The summed E-state index contributed by atoms with van der Waals surface area (Å²) in [4.78, 5) is 12.1. The average Bonchev–Trinajstić information content (AvgIpc) is 3.06. The van der Waals surface area contributed by atoms with Crippen LogP contribution in [0.25, 0.3) is 0 Å². The molecule has 1 aromatic rings. The Labute approximate surface area is 150 Å². The summed E-state index contributed by atoms with van der Waals surface area (Å²) in [6.07, 6.45) is 8.52. The Bertz CT molecular complexity index is 570. The Hall–Kier alpha value is -1.75. The van der Waals surface area contributed by atoms with Crippen molar-refractivity contribution in [1.29, 1.82) is 0 Å². The molecule has 1 aromatic carbocycles. The molecule has 0 unspecified atom stereocenters. The Morgan fingerprint density at radius 2 is 2.20 bits per heavy atom. The molecule has 0 radical (unpaired) electrons. The topological polar surface area (TPSA) is 59.6 Å². The van der Waals surface area contributed by atoms with Gasteiger partial charge in [-0.3, -0.25) is 0 Å². The average molecular weight is 346 g/mol. The maximum Gasteiger partial charge on any atom is 0.315 e. The maximum absolute atomic E-state index is 12.1. The van der Waals surface area contributed by atoms with Crippen molar-refractivity contribution in [1.82, 2.24) is 10.6 Å². The van der Waals surface area contributed by atoms with E-state index in [0.717, 1.165) is 50.9 Å². The van der Waals surface area contributed by atoms with Crippen molar-refractivity contribution in [3.8, 4) is 5.75 Å². The molecule has 1 spiro atoms. The van der Waals surface area contributed by atoms with E-state index in [1.807, 2.05) is 18.2 Å². The SMILES string of the molecule is COc1cccc(CCCNC(=O)N[C@H]2CCOC3(CCCC3)C2)c1. The fraction of sp³-hybridized carbons (Fsp3) is 0.650. The number of ether oxygens (including phenoxy) is 2. The lowest BCUT2D eigenvalue weighted by Gasteiger charge is -2.38. The van der Waals surface area contributed by atoms with E-state index in [1.165, 1.54) is 18.4 Å². The van der Waals surface area contributed by atoms with Crippen molar-refractivity contribution in [2.45, 2.75) is 63.0 Å². The summed E-state index contributed by atoms with van der Waals surface area (Å²) in [5.41, 5.74) is 1.27. The molecular formula is C20H30N2O3. The number of amides is 2. The van der Waals surface area contributed by atoms with Crippen LogP contribution < -0.4 is 15.4 Å². The summed E-state index contributed by atoms with van der Waals surface area (Å²) >= 11 is 0. The summed E-state index contributed by atoms with van der Waals surface area (Å²) in [5, 5.41) is 6.12. The molecule has 5 heteroatoms. The van der Waals surface area contributed by atoms with Gasteiger partial charge in [0.15, 0.2) is 0 Å². The Morgan fingerprint density at radius 1 is 1.36 bits per heavy atom. The van der Waals surface area contributed by atoms with E-state index in [1.54, 1.807) is 7.11 Å². The number of hydrogen-bond acceptors (Lipinski definition) is 3. The predicted octanol–water partition coefficient (Wildman–Crippen LogP) is 3.42. The smallest absolute Gasteiger partial charge is 0.315 e. The highest BCUT2D eigenvalue weighted by atomic mass is 16.5. The molecule has 1 heterocycles. The van der Waals surface area contributed by atoms with Crippen LogP contribution in [0, 0.1) is 0 Å². The molecule has 2 fully saturated rings. The van der Waals surface area contributed by atoms with E-state index in [2.05, 4.69) is 16.7 Å². The second-order valence-corrected chi connectivity index (χ2v) is 7.28. The first-order chi connectivity index (χ1) is 12.2. The van der Waals surface area contributed by atoms with Gasteiger partial charge in [-0.25, -0.2) is 4.79 Å². The molecule has 0 bridgehead atoms. The minimum absolute atomic E-state index is 0.0442. The van der Waals surface area contributed by atoms with Crippen molar-refractivity contribution in [3.05, 3.63) is 29.8 Å². The molecule has 3 rings (SSSR count). The van der Waals surface area contributed by atoms with E-state index in [0.29, 0.717) is 6.54 Å². The highest BCUT2D eigenvalue weighted by molar-refractivity contribution is 5.74. The van der Waals surface area contributed by atoms with Crippen LogP contribution in [0.2, 0.25) is 0 Å². The Balaban J connectivity index is 1.35. The number of carbonyl (C=O) groups is 1. The van der Waals surface area contributed by atoms with Crippen LogP contribution in [0.1, 0.15) is 50.5 Å². The molecular weight excluding hydrogens is 316 g/mol. The highest BCUT2D eigenvalue weighted by Crippen LogP contribution is 2.39.